The molecule has 1 amide bonds. The maximum atomic E-state index is 13.3. The molecule has 308 valence electrons. The fourth-order valence-corrected chi connectivity index (χ4v) is 7.03. The number of phenolic OH excluding ortho intramolecular Hbond substituents is 3. The smallest absolute Gasteiger partial charge is 0.339 e. The number of carboxylic acids is 1. The highest BCUT2D eigenvalue weighted by atomic mass is 16.5. The molecule has 11 heteroatoms. The van der Waals surface area contributed by atoms with Gasteiger partial charge in [-0.2, -0.15) is 0 Å². The zero-order valence-electron chi connectivity index (χ0n) is 33.9. The molecule has 2 aliphatic rings. The summed E-state index contributed by atoms with van der Waals surface area (Å²) in [4.78, 5) is 26.6. The average molecular weight is 785 g/mol. The summed E-state index contributed by atoms with van der Waals surface area (Å²) in [5.41, 5.74) is 5.14. The quantitative estimate of drug-likeness (QED) is 0.0768. The molecule has 0 spiro atoms. The first-order chi connectivity index (χ1) is 27.5. The summed E-state index contributed by atoms with van der Waals surface area (Å²) in [7, 11) is 0. The molecule has 2 saturated heterocycles. The van der Waals surface area contributed by atoms with Crippen molar-refractivity contribution in [3.05, 3.63) is 94.0 Å². The Hall–Kier alpha value is -5.10. The predicted octanol–water partition coefficient (Wildman–Crippen LogP) is 8.39. The van der Waals surface area contributed by atoms with Gasteiger partial charge in [0.1, 0.15) is 28.6 Å². The number of aromatic carboxylic acids is 1. The van der Waals surface area contributed by atoms with E-state index in [1.54, 1.807) is 29.2 Å². The molecule has 2 fully saturated rings. The Labute approximate surface area is 336 Å². The molecule has 0 unspecified atom stereocenters. The maximum absolute atomic E-state index is 13.3. The first-order valence-corrected chi connectivity index (χ1v) is 20.2. The molecular weight excluding hydrogens is 725 g/mol. The summed E-state index contributed by atoms with van der Waals surface area (Å²) < 4.78 is 10.4. The van der Waals surface area contributed by atoms with Crippen molar-refractivity contribution in [2.45, 2.75) is 79.1 Å². The van der Waals surface area contributed by atoms with Gasteiger partial charge in [-0.15, -0.1) is 0 Å². The maximum Gasteiger partial charge on any atom is 0.339 e. The van der Waals surface area contributed by atoms with Gasteiger partial charge in [-0.05, 0) is 73.9 Å². The Morgan fingerprint density at radius 2 is 1.11 bits per heavy atom. The van der Waals surface area contributed by atoms with Gasteiger partial charge >= 0.3 is 5.97 Å². The van der Waals surface area contributed by atoms with E-state index in [9.17, 15) is 35.1 Å². The Kier molecular flexibility index (Phi) is 17.7. The molecule has 0 bridgehead atoms. The summed E-state index contributed by atoms with van der Waals surface area (Å²) in [6.07, 6.45) is 6.97. The van der Waals surface area contributed by atoms with E-state index >= 15 is 0 Å². The lowest BCUT2D eigenvalue weighted by molar-refractivity contribution is 0.0300. The number of aromatic hydroxyl groups is 4. The van der Waals surface area contributed by atoms with Gasteiger partial charge in [0.15, 0.2) is 0 Å². The monoisotopic (exact) mass is 784 g/mol. The molecule has 0 aliphatic carbocycles. The second-order valence-corrected chi connectivity index (χ2v) is 14.5. The molecular formula is C46H60N2O9. The van der Waals surface area contributed by atoms with E-state index in [1.165, 1.54) is 6.07 Å². The molecule has 2 aliphatic heterocycles. The van der Waals surface area contributed by atoms with Crippen molar-refractivity contribution >= 4 is 11.9 Å². The van der Waals surface area contributed by atoms with E-state index < -0.39 is 5.97 Å². The highest BCUT2D eigenvalue weighted by Gasteiger charge is 2.28. The third-order valence-corrected chi connectivity index (χ3v) is 10.0. The van der Waals surface area contributed by atoms with Gasteiger partial charge in [-0.1, -0.05) is 99.2 Å². The van der Waals surface area contributed by atoms with E-state index in [4.69, 9.17) is 9.47 Å². The van der Waals surface area contributed by atoms with Gasteiger partial charge in [-0.25, -0.2) is 4.79 Å². The Bertz CT molecular complexity index is 1920. The zero-order valence-corrected chi connectivity index (χ0v) is 33.9. The molecule has 0 saturated carbocycles. The van der Waals surface area contributed by atoms with Gasteiger partial charge in [0.2, 0.25) is 0 Å². The van der Waals surface area contributed by atoms with E-state index in [0.29, 0.717) is 72.5 Å². The fourth-order valence-electron chi connectivity index (χ4n) is 7.03. The number of hydrogen-bond donors (Lipinski definition) is 6. The molecule has 6 N–H and O–H groups in total. The van der Waals surface area contributed by atoms with Crippen LogP contribution in [-0.4, -0.2) is 94.9 Å². The normalized spacial score (nSPS) is 13.9. The van der Waals surface area contributed by atoms with Crippen molar-refractivity contribution < 1.29 is 44.6 Å². The van der Waals surface area contributed by atoms with Crippen LogP contribution in [0, 0.1) is 13.8 Å². The number of morpholine rings is 2. The van der Waals surface area contributed by atoms with Crippen molar-refractivity contribution in [2.24, 2.45) is 0 Å². The summed E-state index contributed by atoms with van der Waals surface area (Å²) in [5.74, 6) is -1.95. The highest BCUT2D eigenvalue weighted by molar-refractivity contribution is 6.02. The highest BCUT2D eigenvalue weighted by Crippen LogP contribution is 2.44. The SMILES string of the molecule is C1COCCN1.CCCCCc1cc(O)c(-c2cccc(C)c2)c(O)c1C(=O)N1CCOCC1.CCCCCc1cc(O)c(-c2cccc(C)c2)c(O)c1C(=O)O. The molecule has 0 aromatic heterocycles. The summed E-state index contributed by atoms with van der Waals surface area (Å²) >= 11 is 0. The summed E-state index contributed by atoms with van der Waals surface area (Å²) in [5, 5.41) is 55.2. The largest absolute Gasteiger partial charge is 0.507 e. The van der Waals surface area contributed by atoms with Gasteiger partial charge in [0, 0.05) is 26.2 Å². The molecule has 57 heavy (non-hydrogen) atoms. The molecule has 11 nitrogen and oxygen atoms in total. The van der Waals surface area contributed by atoms with Crippen molar-refractivity contribution in [3.63, 3.8) is 0 Å². The van der Waals surface area contributed by atoms with Crippen LogP contribution in [0.5, 0.6) is 23.0 Å². The predicted molar refractivity (Wildman–Crippen MR) is 224 cm³/mol. The molecule has 6 rings (SSSR count). The number of carbonyl (C=O) groups excluding carboxylic acids is 1. The van der Waals surface area contributed by atoms with Crippen LogP contribution in [-0.2, 0) is 22.3 Å². The molecule has 2 heterocycles. The number of unbranched alkanes of at least 4 members (excludes halogenated alkanes) is 4. The van der Waals surface area contributed by atoms with E-state index in [2.05, 4.69) is 19.2 Å². The van der Waals surface area contributed by atoms with Crippen LogP contribution in [0.3, 0.4) is 0 Å². The van der Waals surface area contributed by atoms with Gasteiger partial charge in [0.25, 0.3) is 5.91 Å². The third-order valence-electron chi connectivity index (χ3n) is 10.0. The second kappa shape index (κ2) is 22.6. The number of aryl methyl sites for hydroxylation is 4. The molecule has 0 atom stereocenters. The zero-order chi connectivity index (χ0) is 41.3. The average Bonchev–Trinajstić information content (AvgIpc) is 3.19. The Balaban J connectivity index is 0.000000223. The van der Waals surface area contributed by atoms with Gasteiger partial charge in [0.05, 0.1) is 43.1 Å². The van der Waals surface area contributed by atoms with Crippen LogP contribution in [0.15, 0.2) is 60.7 Å². The number of benzene rings is 4. The molecule has 4 aromatic rings. The summed E-state index contributed by atoms with van der Waals surface area (Å²) in [6.45, 7) is 13.9. The number of nitrogens with one attached hydrogen (secondary N) is 1. The van der Waals surface area contributed by atoms with Crippen LogP contribution in [0.25, 0.3) is 22.3 Å². The standard InChI is InChI=1S/C23H29NO4.C19H22O4.C4H9NO/c1-3-4-5-8-18-15-19(25)20(17-9-6-7-16(2)14-17)22(26)21(18)23(27)24-10-12-28-13-11-24;1-3-4-5-8-14-11-15(20)16(18(21)17(14)19(22)23)13-9-6-7-12(2)10-13;1-3-6-4-2-5-1/h6-7,9,14-15,25-26H,3-5,8,10-13H2,1-2H3;6-7,9-11,20-21H,3-5,8H2,1-2H3,(H,22,23);5H,1-4H2. The molecule has 4 aromatic carbocycles. The van der Waals surface area contributed by atoms with Crippen LogP contribution in [0.1, 0.15) is 95.3 Å². The van der Waals surface area contributed by atoms with E-state index in [-0.39, 0.29) is 40.0 Å². The lowest BCUT2D eigenvalue weighted by Crippen LogP contribution is -2.41. The number of ether oxygens (including phenoxy) is 2. The van der Waals surface area contributed by atoms with Crippen molar-refractivity contribution in [2.75, 3.05) is 52.6 Å². The van der Waals surface area contributed by atoms with Crippen LogP contribution < -0.4 is 5.32 Å². The minimum Gasteiger partial charge on any atom is -0.507 e. The topological polar surface area (TPSA) is 169 Å². The first kappa shape index (κ1) is 44.6. The van der Waals surface area contributed by atoms with Gasteiger partial charge < -0.3 is 45.2 Å². The Morgan fingerprint density at radius 3 is 1.51 bits per heavy atom. The van der Waals surface area contributed by atoms with Crippen LogP contribution in [0.4, 0.5) is 0 Å². The number of hydrogen-bond acceptors (Lipinski definition) is 9. The number of carboxylic acid groups (broad SMARTS) is 1. The number of carbonyl (C=O) groups is 2. The molecule has 0 radical (unpaired) electrons. The van der Waals surface area contributed by atoms with Crippen LogP contribution in [0.2, 0.25) is 0 Å². The fraction of sp³-hybridized carbons (Fsp3) is 0.435. The summed E-state index contributed by atoms with van der Waals surface area (Å²) in [6, 6.07) is 17.9. The van der Waals surface area contributed by atoms with Crippen molar-refractivity contribution in [1.82, 2.24) is 10.2 Å². The number of phenols is 4. The minimum atomic E-state index is -1.18. The lowest BCUT2D eigenvalue weighted by atomic mass is 9.92. The number of rotatable bonds is 12. The number of amides is 1. The third kappa shape index (κ3) is 12.4. The van der Waals surface area contributed by atoms with E-state index in [1.807, 2.05) is 44.2 Å². The number of nitrogens with zero attached hydrogens (tertiary/aromatic N) is 1. The van der Waals surface area contributed by atoms with Crippen molar-refractivity contribution in [1.29, 1.82) is 0 Å². The Morgan fingerprint density at radius 1 is 0.649 bits per heavy atom. The van der Waals surface area contributed by atoms with Crippen LogP contribution >= 0.6 is 0 Å². The van der Waals surface area contributed by atoms with E-state index in [0.717, 1.165) is 76.0 Å². The minimum absolute atomic E-state index is 0.00752. The second-order valence-electron chi connectivity index (χ2n) is 14.5. The van der Waals surface area contributed by atoms with Gasteiger partial charge in [-0.3, -0.25) is 4.79 Å². The lowest BCUT2D eigenvalue weighted by Gasteiger charge is -2.28. The van der Waals surface area contributed by atoms with Crippen molar-refractivity contribution in [3.8, 4) is 45.3 Å². The first-order valence-electron chi connectivity index (χ1n) is 20.2.